The summed E-state index contributed by atoms with van der Waals surface area (Å²) in [7, 11) is -3.37. The number of methoxy groups -OCH3 is 1. The SMILES string of the molecule is COC(=O)c1ccc(C2=NN(S(=O)(=O)c3ccc(C)cc3)C(=O)C2(C)CC(F)(F)F)cc1. The number of alkyl halides is 3. The number of esters is 1. The Labute approximate surface area is 182 Å². The van der Waals surface area contributed by atoms with Gasteiger partial charge < -0.3 is 4.74 Å². The highest BCUT2D eigenvalue weighted by Crippen LogP contribution is 2.43. The van der Waals surface area contributed by atoms with Crippen molar-refractivity contribution in [3.8, 4) is 0 Å². The van der Waals surface area contributed by atoms with Gasteiger partial charge in [0.05, 0.1) is 29.7 Å². The molecule has 0 radical (unpaired) electrons. The average Bonchev–Trinajstić information content (AvgIpc) is 2.97. The van der Waals surface area contributed by atoms with Crippen molar-refractivity contribution in [3.05, 3.63) is 65.2 Å². The molecule has 1 unspecified atom stereocenters. The maximum atomic E-state index is 13.4. The molecule has 0 saturated heterocycles. The summed E-state index contributed by atoms with van der Waals surface area (Å²) >= 11 is 0. The van der Waals surface area contributed by atoms with Gasteiger partial charge in [0.1, 0.15) is 5.41 Å². The number of carbonyl (C=O) groups is 2. The van der Waals surface area contributed by atoms with Crippen LogP contribution in [-0.4, -0.2) is 43.7 Å². The van der Waals surface area contributed by atoms with Gasteiger partial charge >= 0.3 is 12.1 Å². The summed E-state index contributed by atoms with van der Waals surface area (Å²) < 4.78 is 70.9. The Morgan fingerprint density at radius 1 is 1.09 bits per heavy atom. The predicted octanol–water partition coefficient (Wildman–Crippen LogP) is 3.68. The highest BCUT2D eigenvalue weighted by molar-refractivity contribution is 7.89. The summed E-state index contributed by atoms with van der Waals surface area (Å²) in [6.45, 7) is 2.73. The molecule has 1 aliphatic rings. The molecule has 1 heterocycles. The third-order valence-corrected chi connectivity index (χ3v) is 6.61. The van der Waals surface area contributed by atoms with Crippen molar-refractivity contribution in [2.45, 2.75) is 31.3 Å². The minimum Gasteiger partial charge on any atom is -0.465 e. The van der Waals surface area contributed by atoms with Crippen LogP contribution in [0.25, 0.3) is 0 Å². The summed E-state index contributed by atoms with van der Waals surface area (Å²) in [5.74, 6) is -1.98. The molecule has 0 N–H and O–H groups in total. The number of carbonyl (C=O) groups excluding carboxylic acids is 2. The molecule has 170 valence electrons. The Morgan fingerprint density at radius 3 is 2.16 bits per heavy atom. The Bertz CT molecular complexity index is 1190. The predicted molar refractivity (Wildman–Crippen MR) is 108 cm³/mol. The quantitative estimate of drug-likeness (QED) is 0.625. The minimum atomic E-state index is -4.78. The summed E-state index contributed by atoms with van der Waals surface area (Å²) in [5.41, 5.74) is -1.70. The normalized spacial score (nSPS) is 19.1. The Morgan fingerprint density at radius 2 is 1.66 bits per heavy atom. The van der Waals surface area contributed by atoms with Crippen LogP contribution in [0.5, 0.6) is 0 Å². The van der Waals surface area contributed by atoms with Gasteiger partial charge in [-0.3, -0.25) is 4.79 Å². The Kier molecular flexibility index (Phi) is 5.90. The molecule has 32 heavy (non-hydrogen) atoms. The zero-order valence-corrected chi connectivity index (χ0v) is 18.1. The standard InChI is InChI=1S/C21H19F3N2O5S/c1-13-4-10-16(11-5-13)32(29,30)26-19(28)20(2,12-21(22,23)24)17(25-26)14-6-8-15(9-7-14)18(27)31-3/h4-11H,12H2,1-3H3. The first-order valence-electron chi connectivity index (χ1n) is 9.30. The van der Waals surface area contributed by atoms with Gasteiger partial charge in [-0.2, -0.15) is 26.7 Å². The zero-order chi connectivity index (χ0) is 23.9. The van der Waals surface area contributed by atoms with Crippen LogP contribution in [0.3, 0.4) is 0 Å². The van der Waals surface area contributed by atoms with Crippen LogP contribution in [-0.2, 0) is 19.6 Å². The zero-order valence-electron chi connectivity index (χ0n) is 17.3. The lowest BCUT2D eigenvalue weighted by Gasteiger charge is -2.25. The smallest absolute Gasteiger partial charge is 0.390 e. The van der Waals surface area contributed by atoms with Crippen molar-refractivity contribution in [2.75, 3.05) is 7.11 Å². The Balaban J connectivity index is 2.13. The number of ether oxygens (including phenoxy) is 1. The van der Waals surface area contributed by atoms with Crippen LogP contribution in [0.4, 0.5) is 13.2 Å². The summed E-state index contributed by atoms with van der Waals surface area (Å²) in [5, 5.41) is 3.84. The van der Waals surface area contributed by atoms with Crippen molar-refractivity contribution >= 4 is 27.6 Å². The largest absolute Gasteiger partial charge is 0.465 e. The molecule has 2 aromatic rings. The molecule has 0 spiro atoms. The number of amides is 1. The lowest BCUT2D eigenvalue weighted by atomic mass is 9.78. The first-order chi connectivity index (χ1) is 14.8. The molecule has 7 nitrogen and oxygen atoms in total. The molecule has 2 aromatic carbocycles. The minimum absolute atomic E-state index is 0.0689. The molecule has 3 rings (SSSR count). The van der Waals surface area contributed by atoms with Gasteiger partial charge in [0.15, 0.2) is 0 Å². The monoisotopic (exact) mass is 468 g/mol. The molecule has 11 heteroatoms. The van der Waals surface area contributed by atoms with Gasteiger partial charge in [0, 0.05) is 0 Å². The van der Waals surface area contributed by atoms with E-state index in [9.17, 15) is 31.2 Å². The number of nitrogens with zero attached hydrogens (tertiary/aromatic N) is 2. The van der Waals surface area contributed by atoms with Crippen LogP contribution < -0.4 is 0 Å². The third kappa shape index (κ3) is 4.24. The second-order valence-electron chi connectivity index (χ2n) is 7.51. The summed E-state index contributed by atoms with van der Waals surface area (Å²) in [6, 6.07) is 10.6. The van der Waals surface area contributed by atoms with Crippen molar-refractivity contribution < 1.29 is 35.9 Å². The number of benzene rings is 2. The van der Waals surface area contributed by atoms with E-state index in [0.29, 0.717) is 0 Å². The lowest BCUT2D eigenvalue weighted by molar-refractivity contribution is -0.160. The first-order valence-corrected chi connectivity index (χ1v) is 10.7. The molecule has 0 aliphatic carbocycles. The molecule has 0 saturated carbocycles. The molecule has 0 fully saturated rings. The summed E-state index contributed by atoms with van der Waals surface area (Å²) in [4.78, 5) is 24.4. The van der Waals surface area contributed by atoms with Gasteiger partial charge in [0.2, 0.25) is 0 Å². The van der Waals surface area contributed by atoms with Crippen LogP contribution in [0, 0.1) is 12.3 Å². The van der Waals surface area contributed by atoms with Crippen LogP contribution in [0.1, 0.15) is 34.8 Å². The van der Waals surface area contributed by atoms with Gasteiger partial charge in [-0.25, -0.2) is 4.79 Å². The molecule has 1 amide bonds. The molecule has 0 bridgehead atoms. The van der Waals surface area contributed by atoms with Crippen LogP contribution in [0.15, 0.2) is 58.5 Å². The van der Waals surface area contributed by atoms with Gasteiger partial charge in [-0.1, -0.05) is 29.8 Å². The molecule has 0 aromatic heterocycles. The fraction of sp³-hybridized carbons (Fsp3) is 0.286. The van der Waals surface area contributed by atoms with Crippen molar-refractivity contribution in [2.24, 2.45) is 10.5 Å². The number of hydrazone groups is 1. The van der Waals surface area contributed by atoms with Gasteiger partial charge in [0.25, 0.3) is 15.9 Å². The fourth-order valence-electron chi connectivity index (χ4n) is 3.35. The summed E-state index contributed by atoms with van der Waals surface area (Å²) in [6.07, 6.45) is -6.39. The fourth-order valence-corrected chi connectivity index (χ4v) is 4.64. The third-order valence-electron chi connectivity index (χ3n) is 5.04. The van der Waals surface area contributed by atoms with E-state index in [1.165, 1.54) is 55.6 Å². The number of rotatable bonds is 5. The maximum absolute atomic E-state index is 13.4. The number of sulfonamides is 1. The van der Waals surface area contributed by atoms with E-state index in [1.807, 2.05) is 0 Å². The van der Waals surface area contributed by atoms with E-state index in [-0.39, 0.29) is 26.1 Å². The maximum Gasteiger partial charge on any atom is 0.390 e. The highest BCUT2D eigenvalue weighted by Gasteiger charge is 2.56. The van der Waals surface area contributed by atoms with Crippen LogP contribution in [0.2, 0.25) is 0 Å². The molecule has 1 atom stereocenters. The molecule has 1 aliphatic heterocycles. The Hall–Kier alpha value is -3.21. The molecular formula is C21H19F3N2O5S. The first kappa shape index (κ1) is 23.5. The van der Waals surface area contributed by atoms with Crippen molar-refractivity contribution in [1.29, 1.82) is 0 Å². The van der Waals surface area contributed by atoms with Gasteiger partial charge in [-0.05, 0) is 43.7 Å². The topological polar surface area (TPSA) is 93.1 Å². The number of aryl methyl sites for hydroxylation is 1. The van der Waals surface area contributed by atoms with E-state index in [1.54, 1.807) is 6.92 Å². The second-order valence-corrected chi connectivity index (χ2v) is 9.28. The van der Waals surface area contributed by atoms with E-state index >= 15 is 0 Å². The number of hydrogen-bond acceptors (Lipinski definition) is 6. The number of hydrogen-bond donors (Lipinski definition) is 0. The molecular weight excluding hydrogens is 449 g/mol. The lowest BCUT2D eigenvalue weighted by Crippen LogP contribution is -2.42. The van der Waals surface area contributed by atoms with E-state index in [0.717, 1.165) is 12.5 Å². The second kappa shape index (κ2) is 8.05. The van der Waals surface area contributed by atoms with E-state index < -0.39 is 39.9 Å². The number of halogens is 3. The van der Waals surface area contributed by atoms with Crippen molar-refractivity contribution in [3.63, 3.8) is 0 Å². The van der Waals surface area contributed by atoms with E-state index in [4.69, 9.17) is 0 Å². The van der Waals surface area contributed by atoms with E-state index in [2.05, 4.69) is 9.84 Å². The van der Waals surface area contributed by atoms with Crippen LogP contribution >= 0.6 is 0 Å². The van der Waals surface area contributed by atoms with Crippen molar-refractivity contribution in [1.82, 2.24) is 4.41 Å². The highest BCUT2D eigenvalue weighted by atomic mass is 32.2. The average molecular weight is 468 g/mol. The van der Waals surface area contributed by atoms with Gasteiger partial charge in [-0.15, -0.1) is 4.41 Å².